The van der Waals surface area contributed by atoms with Crippen LogP contribution in [0.5, 0.6) is 0 Å². The number of aromatic amines is 1. The topological polar surface area (TPSA) is 93.6 Å². The van der Waals surface area contributed by atoms with Crippen LogP contribution in [0.3, 0.4) is 0 Å². The minimum atomic E-state index is -1.24. The summed E-state index contributed by atoms with van der Waals surface area (Å²) in [6, 6.07) is 0.194. The summed E-state index contributed by atoms with van der Waals surface area (Å²) in [6.07, 6.45) is -1.07. The lowest BCUT2D eigenvalue weighted by Crippen LogP contribution is -2.32. The number of aliphatic hydroxyl groups excluding tert-OH is 1. The van der Waals surface area contributed by atoms with Gasteiger partial charge in [-0.3, -0.25) is 9.69 Å². The van der Waals surface area contributed by atoms with Gasteiger partial charge in [-0.15, -0.1) is 0 Å². The summed E-state index contributed by atoms with van der Waals surface area (Å²) in [5.41, 5.74) is -0.527. The molecule has 7 heteroatoms. The van der Waals surface area contributed by atoms with Crippen molar-refractivity contribution < 1.29 is 19.4 Å². The second kappa shape index (κ2) is 4.17. The summed E-state index contributed by atoms with van der Waals surface area (Å²) in [6.45, 7) is -0.0735. The Morgan fingerprint density at radius 2 is 2.29 bits per heavy atom. The molecule has 92 valence electrons. The predicted octanol–water partition coefficient (Wildman–Crippen LogP) is 0.300. The average molecular weight is 242 g/mol. The zero-order valence-electron chi connectivity index (χ0n) is 8.76. The van der Waals surface area contributed by atoms with E-state index in [-0.39, 0.29) is 18.5 Å². The average Bonchev–Trinajstić information content (AvgIpc) is 2.64. The number of H-pyrrole nitrogens is 1. The van der Waals surface area contributed by atoms with Crippen molar-refractivity contribution in [1.82, 2.24) is 9.88 Å². The molecule has 0 spiro atoms. The summed E-state index contributed by atoms with van der Waals surface area (Å²) in [5, 5.41) is 18.4. The molecule has 0 aliphatic carbocycles. The second-order valence-corrected chi connectivity index (χ2v) is 3.94. The lowest BCUT2D eigenvalue weighted by atomic mass is 10.1. The van der Waals surface area contributed by atoms with E-state index in [9.17, 15) is 19.1 Å². The number of hydrogen-bond acceptors (Lipinski definition) is 3. The summed E-state index contributed by atoms with van der Waals surface area (Å²) < 4.78 is 13.0. The van der Waals surface area contributed by atoms with Gasteiger partial charge in [0.2, 0.25) is 0 Å². The van der Waals surface area contributed by atoms with E-state index in [1.807, 2.05) is 0 Å². The van der Waals surface area contributed by atoms with Crippen molar-refractivity contribution in [2.24, 2.45) is 0 Å². The van der Waals surface area contributed by atoms with E-state index in [1.54, 1.807) is 0 Å². The highest BCUT2D eigenvalue weighted by atomic mass is 19.1. The number of nitrogens with one attached hydrogen (secondary N) is 1. The van der Waals surface area contributed by atoms with Crippen molar-refractivity contribution in [3.05, 3.63) is 34.0 Å². The second-order valence-electron chi connectivity index (χ2n) is 3.94. The zero-order valence-corrected chi connectivity index (χ0v) is 8.76. The Morgan fingerprint density at radius 1 is 1.59 bits per heavy atom. The molecule has 2 heterocycles. The van der Waals surface area contributed by atoms with Crippen molar-refractivity contribution in [3.8, 4) is 0 Å². The first-order valence-corrected chi connectivity index (χ1v) is 5.05. The van der Waals surface area contributed by atoms with Gasteiger partial charge in [-0.2, -0.15) is 0 Å². The molecule has 0 radical (unpaired) electrons. The van der Waals surface area contributed by atoms with Gasteiger partial charge < -0.3 is 15.2 Å². The molecule has 0 saturated carbocycles. The van der Waals surface area contributed by atoms with Gasteiger partial charge >= 0.3 is 6.09 Å². The summed E-state index contributed by atoms with van der Waals surface area (Å²) in [5.74, 6) is -0.647. The number of pyridine rings is 1. The fourth-order valence-electron chi connectivity index (χ4n) is 2.04. The molecule has 0 bridgehead atoms. The van der Waals surface area contributed by atoms with Crippen LogP contribution in [-0.2, 0) is 0 Å². The van der Waals surface area contributed by atoms with Crippen LogP contribution in [-0.4, -0.2) is 38.8 Å². The summed E-state index contributed by atoms with van der Waals surface area (Å²) in [4.78, 5) is 25.6. The Balaban J connectivity index is 2.41. The summed E-state index contributed by atoms with van der Waals surface area (Å²) >= 11 is 0. The Labute approximate surface area is 95.3 Å². The Bertz CT molecular complexity index is 501. The molecule has 1 saturated heterocycles. The van der Waals surface area contributed by atoms with E-state index in [2.05, 4.69) is 4.98 Å². The maximum absolute atomic E-state index is 13.0. The van der Waals surface area contributed by atoms with Gasteiger partial charge in [0.25, 0.3) is 5.56 Å². The minimum absolute atomic E-state index is 0.0175. The quantitative estimate of drug-likeness (QED) is 0.660. The fraction of sp³-hybridized carbons (Fsp3) is 0.400. The van der Waals surface area contributed by atoms with Gasteiger partial charge in [0, 0.05) is 18.2 Å². The van der Waals surface area contributed by atoms with Gasteiger partial charge in [0.15, 0.2) is 0 Å². The first-order valence-electron chi connectivity index (χ1n) is 5.05. The molecule has 6 nitrogen and oxygen atoms in total. The van der Waals surface area contributed by atoms with Gasteiger partial charge in [0.1, 0.15) is 5.82 Å². The SMILES string of the molecule is O=C(O)N1C[C@H](O)CC1c1cc(F)c[nH]c1=O. The number of likely N-dealkylation sites (tertiary alicyclic amines) is 1. The number of nitrogens with zero attached hydrogens (tertiary/aromatic N) is 1. The van der Waals surface area contributed by atoms with E-state index < -0.39 is 29.6 Å². The van der Waals surface area contributed by atoms with Crippen LogP contribution in [0.15, 0.2) is 17.1 Å². The molecular weight excluding hydrogens is 231 g/mol. The highest BCUT2D eigenvalue weighted by Crippen LogP contribution is 2.30. The van der Waals surface area contributed by atoms with Gasteiger partial charge in [-0.05, 0) is 6.07 Å². The molecular formula is C10H11FN2O4. The van der Waals surface area contributed by atoms with Crippen molar-refractivity contribution >= 4 is 6.09 Å². The van der Waals surface area contributed by atoms with Crippen LogP contribution in [0.1, 0.15) is 18.0 Å². The van der Waals surface area contributed by atoms with E-state index >= 15 is 0 Å². The minimum Gasteiger partial charge on any atom is -0.465 e. The van der Waals surface area contributed by atoms with Gasteiger partial charge in [0.05, 0.1) is 18.7 Å². The maximum atomic E-state index is 13.0. The molecule has 1 unspecified atom stereocenters. The van der Waals surface area contributed by atoms with Crippen LogP contribution < -0.4 is 5.56 Å². The molecule has 1 amide bonds. The molecule has 2 atom stereocenters. The first-order chi connectivity index (χ1) is 7.99. The fourth-order valence-corrected chi connectivity index (χ4v) is 2.04. The smallest absolute Gasteiger partial charge is 0.407 e. The molecule has 3 N–H and O–H groups in total. The third-order valence-electron chi connectivity index (χ3n) is 2.78. The third-order valence-corrected chi connectivity index (χ3v) is 2.78. The number of aliphatic hydroxyl groups is 1. The molecule has 0 aromatic carbocycles. The van der Waals surface area contributed by atoms with Crippen LogP contribution in [0, 0.1) is 5.82 Å². The Kier molecular flexibility index (Phi) is 2.84. The van der Waals surface area contributed by atoms with Crippen molar-refractivity contribution in [2.75, 3.05) is 6.54 Å². The number of amides is 1. The summed E-state index contributed by atoms with van der Waals surface area (Å²) in [7, 11) is 0. The number of aromatic nitrogens is 1. The van der Waals surface area contributed by atoms with Crippen LogP contribution >= 0.6 is 0 Å². The van der Waals surface area contributed by atoms with E-state index in [4.69, 9.17) is 5.11 Å². The normalized spacial score (nSPS) is 24.0. The van der Waals surface area contributed by atoms with E-state index in [0.717, 1.165) is 17.2 Å². The monoisotopic (exact) mass is 242 g/mol. The van der Waals surface area contributed by atoms with Crippen LogP contribution in [0.25, 0.3) is 0 Å². The van der Waals surface area contributed by atoms with E-state index in [0.29, 0.717) is 0 Å². The first kappa shape index (κ1) is 11.6. The van der Waals surface area contributed by atoms with Crippen LogP contribution in [0.2, 0.25) is 0 Å². The Morgan fingerprint density at radius 3 is 2.94 bits per heavy atom. The molecule has 1 aliphatic heterocycles. The Hall–Kier alpha value is -1.89. The largest absolute Gasteiger partial charge is 0.465 e. The standard InChI is InChI=1S/C10H11FN2O4/c11-5-1-7(9(15)12-3-5)8-2-6(14)4-13(8)10(16)17/h1,3,6,8,14H,2,4H2,(H,12,15)(H,16,17)/t6-,8?/m1/s1. The molecule has 1 aromatic heterocycles. The van der Waals surface area contributed by atoms with E-state index in [1.165, 1.54) is 0 Å². The lowest BCUT2D eigenvalue weighted by molar-refractivity contribution is 0.131. The molecule has 2 rings (SSSR count). The number of carbonyl (C=O) groups is 1. The zero-order chi connectivity index (χ0) is 12.6. The number of carboxylic acid groups (broad SMARTS) is 1. The van der Waals surface area contributed by atoms with Gasteiger partial charge in [-0.25, -0.2) is 9.18 Å². The third kappa shape index (κ3) is 2.14. The molecule has 1 aromatic rings. The lowest BCUT2D eigenvalue weighted by Gasteiger charge is -2.20. The van der Waals surface area contributed by atoms with Crippen molar-refractivity contribution in [3.63, 3.8) is 0 Å². The number of β-amino-alcohol motifs (C(OH)–C–C–N with tert-alkyl or cyclic N) is 1. The van der Waals surface area contributed by atoms with Gasteiger partial charge in [-0.1, -0.05) is 0 Å². The van der Waals surface area contributed by atoms with Crippen molar-refractivity contribution in [2.45, 2.75) is 18.6 Å². The molecule has 1 fully saturated rings. The highest BCUT2D eigenvalue weighted by molar-refractivity contribution is 5.66. The van der Waals surface area contributed by atoms with Crippen molar-refractivity contribution in [1.29, 1.82) is 0 Å². The molecule has 17 heavy (non-hydrogen) atoms. The number of hydrogen-bond donors (Lipinski definition) is 3. The molecule has 1 aliphatic rings. The maximum Gasteiger partial charge on any atom is 0.407 e. The number of rotatable bonds is 1. The predicted molar refractivity (Wildman–Crippen MR) is 55.1 cm³/mol. The highest BCUT2D eigenvalue weighted by Gasteiger charge is 2.36. The number of halogens is 1. The van der Waals surface area contributed by atoms with Crippen LogP contribution in [0.4, 0.5) is 9.18 Å².